The highest BCUT2D eigenvalue weighted by Crippen LogP contribution is 2.22. The van der Waals surface area contributed by atoms with Crippen LogP contribution in [0.1, 0.15) is 29.8 Å². The first kappa shape index (κ1) is 17.3. The van der Waals surface area contributed by atoms with Crippen LogP contribution in [0.4, 0.5) is 0 Å². The smallest absolute Gasteiger partial charge is 0.271 e. The molecule has 0 saturated carbocycles. The van der Waals surface area contributed by atoms with Gasteiger partial charge in [0, 0.05) is 5.56 Å². The summed E-state index contributed by atoms with van der Waals surface area (Å²) in [5.41, 5.74) is 4.46. The molecule has 0 atom stereocenters. The van der Waals surface area contributed by atoms with E-state index in [1.807, 2.05) is 38.1 Å². The van der Waals surface area contributed by atoms with Crippen LogP contribution < -0.4 is 10.2 Å². The topological polar surface area (TPSA) is 50.7 Å². The van der Waals surface area contributed by atoms with E-state index < -0.39 is 0 Å². The minimum absolute atomic E-state index is 0.325. The van der Waals surface area contributed by atoms with Gasteiger partial charge >= 0.3 is 0 Å². The molecule has 0 unspecified atom stereocenters. The number of hydrogen-bond acceptors (Lipinski definition) is 3. The number of halogens is 2. The van der Waals surface area contributed by atoms with Gasteiger partial charge in [-0.2, -0.15) is 5.10 Å². The second kappa shape index (κ2) is 7.99. The van der Waals surface area contributed by atoms with E-state index in [1.165, 1.54) is 6.07 Å². The molecule has 4 nitrogen and oxygen atoms in total. The lowest BCUT2D eigenvalue weighted by Gasteiger charge is -2.06. The molecule has 6 heteroatoms. The fraction of sp³-hybridized carbons (Fsp3) is 0.176. The van der Waals surface area contributed by atoms with E-state index in [0.717, 1.165) is 11.3 Å². The number of ether oxygens (including phenoxy) is 1. The molecule has 0 aromatic heterocycles. The van der Waals surface area contributed by atoms with Gasteiger partial charge in [-0.3, -0.25) is 4.79 Å². The molecule has 0 aliphatic rings. The Hall–Kier alpha value is -2.04. The summed E-state index contributed by atoms with van der Waals surface area (Å²) >= 11 is 11.7. The van der Waals surface area contributed by atoms with Gasteiger partial charge in [-0.05, 0) is 61.9 Å². The zero-order valence-electron chi connectivity index (χ0n) is 12.8. The van der Waals surface area contributed by atoms with Crippen LogP contribution in [0, 0.1) is 0 Å². The van der Waals surface area contributed by atoms with Crippen molar-refractivity contribution >= 4 is 34.8 Å². The predicted molar refractivity (Wildman–Crippen MR) is 93.8 cm³/mol. The Bertz CT molecular complexity index is 728. The summed E-state index contributed by atoms with van der Waals surface area (Å²) in [6.07, 6.45) is 0. The molecule has 0 fully saturated rings. The van der Waals surface area contributed by atoms with Crippen molar-refractivity contribution in [2.75, 3.05) is 6.61 Å². The van der Waals surface area contributed by atoms with Crippen molar-refractivity contribution in [3.63, 3.8) is 0 Å². The summed E-state index contributed by atoms with van der Waals surface area (Å²) in [6, 6.07) is 12.1. The molecule has 2 aromatic rings. The highest BCUT2D eigenvalue weighted by molar-refractivity contribution is 6.42. The largest absolute Gasteiger partial charge is 0.494 e. The number of rotatable bonds is 5. The number of nitrogens with zero attached hydrogens (tertiary/aromatic N) is 1. The van der Waals surface area contributed by atoms with Gasteiger partial charge in [-0.1, -0.05) is 23.2 Å². The number of benzene rings is 2. The molecule has 23 heavy (non-hydrogen) atoms. The van der Waals surface area contributed by atoms with Crippen molar-refractivity contribution in [3.05, 3.63) is 63.6 Å². The normalized spacial score (nSPS) is 11.2. The number of carbonyl (C=O) groups excluding carboxylic acids is 1. The quantitative estimate of drug-likeness (QED) is 0.635. The maximum Gasteiger partial charge on any atom is 0.271 e. The van der Waals surface area contributed by atoms with Crippen molar-refractivity contribution in [1.29, 1.82) is 0 Å². The Balaban J connectivity index is 2.05. The lowest BCUT2D eigenvalue weighted by molar-refractivity contribution is 0.0955. The summed E-state index contributed by atoms with van der Waals surface area (Å²) in [7, 11) is 0. The third kappa shape index (κ3) is 4.71. The first-order chi connectivity index (χ1) is 11.0. The van der Waals surface area contributed by atoms with Gasteiger partial charge in [0.15, 0.2) is 0 Å². The average molecular weight is 351 g/mol. The number of hydrazone groups is 1. The summed E-state index contributed by atoms with van der Waals surface area (Å²) in [5.74, 6) is 0.442. The molecule has 0 saturated heterocycles. The van der Waals surface area contributed by atoms with Crippen molar-refractivity contribution in [2.45, 2.75) is 13.8 Å². The van der Waals surface area contributed by atoms with Gasteiger partial charge in [0.25, 0.3) is 5.91 Å². The number of nitrogens with one attached hydrogen (secondary N) is 1. The van der Waals surface area contributed by atoms with Crippen LogP contribution >= 0.6 is 23.2 Å². The molecule has 1 amide bonds. The predicted octanol–water partition coefficient (Wildman–Crippen LogP) is 4.55. The van der Waals surface area contributed by atoms with Crippen LogP contribution in [-0.2, 0) is 0 Å². The van der Waals surface area contributed by atoms with Crippen molar-refractivity contribution in [2.24, 2.45) is 5.10 Å². The minimum Gasteiger partial charge on any atom is -0.494 e. The van der Waals surface area contributed by atoms with Crippen molar-refractivity contribution < 1.29 is 9.53 Å². The Kier molecular flexibility index (Phi) is 6.02. The van der Waals surface area contributed by atoms with Gasteiger partial charge in [-0.15, -0.1) is 0 Å². The fourth-order valence-electron chi connectivity index (χ4n) is 1.86. The van der Waals surface area contributed by atoms with E-state index in [4.69, 9.17) is 27.9 Å². The van der Waals surface area contributed by atoms with Crippen LogP contribution in [0.2, 0.25) is 10.0 Å². The molecule has 1 N–H and O–H groups in total. The molecule has 0 spiro atoms. The average Bonchev–Trinajstić information content (AvgIpc) is 2.56. The van der Waals surface area contributed by atoms with Crippen molar-refractivity contribution in [1.82, 2.24) is 5.43 Å². The molecule has 0 bridgehead atoms. The van der Waals surface area contributed by atoms with Crippen molar-refractivity contribution in [3.8, 4) is 5.75 Å². The van der Waals surface area contributed by atoms with Crippen LogP contribution in [0.5, 0.6) is 5.75 Å². The minimum atomic E-state index is -0.353. The first-order valence-electron chi connectivity index (χ1n) is 7.04. The third-order valence-corrected chi connectivity index (χ3v) is 3.83. The summed E-state index contributed by atoms with van der Waals surface area (Å²) < 4.78 is 5.38. The Morgan fingerprint density at radius 3 is 2.35 bits per heavy atom. The van der Waals surface area contributed by atoms with E-state index in [0.29, 0.717) is 27.9 Å². The highest BCUT2D eigenvalue weighted by atomic mass is 35.5. The second-order valence-corrected chi connectivity index (χ2v) is 5.54. The van der Waals surface area contributed by atoms with E-state index in [2.05, 4.69) is 10.5 Å². The van der Waals surface area contributed by atoms with E-state index >= 15 is 0 Å². The Labute approximate surface area is 145 Å². The molecular formula is C17H16Cl2N2O2. The summed E-state index contributed by atoms with van der Waals surface area (Å²) in [5, 5.41) is 4.82. The molecule has 0 aliphatic heterocycles. The zero-order chi connectivity index (χ0) is 16.8. The van der Waals surface area contributed by atoms with Crippen LogP contribution in [0.3, 0.4) is 0 Å². The molecule has 2 aromatic carbocycles. The first-order valence-corrected chi connectivity index (χ1v) is 7.79. The van der Waals surface area contributed by atoms with Gasteiger partial charge in [0.05, 0.1) is 22.4 Å². The van der Waals surface area contributed by atoms with Gasteiger partial charge in [0.2, 0.25) is 0 Å². The van der Waals surface area contributed by atoms with Gasteiger partial charge < -0.3 is 4.74 Å². The maximum absolute atomic E-state index is 12.0. The van der Waals surface area contributed by atoms with Crippen LogP contribution in [-0.4, -0.2) is 18.2 Å². The molecule has 120 valence electrons. The number of hydrogen-bond donors (Lipinski definition) is 1. The third-order valence-electron chi connectivity index (χ3n) is 3.09. The second-order valence-electron chi connectivity index (χ2n) is 4.72. The Morgan fingerprint density at radius 1 is 1.09 bits per heavy atom. The molecular weight excluding hydrogens is 335 g/mol. The van der Waals surface area contributed by atoms with Crippen LogP contribution in [0.15, 0.2) is 47.6 Å². The lowest BCUT2D eigenvalue weighted by Crippen LogP contribution is -2.19. The molecule has 0 radical (unpaired) electrons. The maximum atomic E-state index is 12.0. The molecule has 2 rings (SSSR count). The molecule has 0 heterocycles. The van der Waals surface area contributed by atoms with Gasteiger partial charge in [-0.25, -0.2) is 5.43 Å². The lowest BCUT2D eigenvalue weighted by atomic mass is 10.1. The van der Waals surface area contributed by atoms with Gasteiger partial charge in [0.1, 0.15) is 5.75 Å². The van der Waals surface area contributed by atoms with E-state index in [-0.39, 0.29) is 5.91 Å². The summed E-state index contributed by atoms with van der Waals surface area (Å²) in [4.78, 5) is 12.0. The number of amides is 1. The zero-order valence-corrected chi connectivity index (χ0v) is 14.3. The number of carbonyl (C=O) groups is 1. The highest BCUT2D eigenvalue weighted by Gasteiger charge is 2.07. The van der Waals surface area contributed by atoms with E-state index in [9.17, 15) is 4.79 Å². The SMILES string of the molecule is CCOc1ccc(/C(C)=N/NC(=O)c2ccc(Cl)c(Cl)c2)cc1. The fourth-order valence-corrected chi connectivity index (χ4v) is 2.16. The van der Waals surface area contributed by atoms with Crippen LogP contribution in [0.25, 0.3) is 0 Å². The standard InChI is InChI=1S/C17H16Cl2N2O2/c1-3-23-14-7-4-12(5-8-14)11(2)20-21-17(22)13-6-9-15(18)16(19)10-13/h4-10H,3H2,1-2H3,(H,21,22)/b20-11+. The summed E-state index contributed by atoms with van der Waals surface area (Å²) in [6.45, 7) is 4.36. The Morgan fingerprint density at radius 2 is 1.74 bits per heavy atom. The van der Waals surface area contributed by atoms with E-state index in [1.54, 1.807) is 12.1 Å². The monoisotopic (exact) mass is 350 g/mol. The molecule has 0 aliphatic carbocycles.